The second-order valence-corrected chi connectivity index (χ2v) is 3.97. The lowest BCUT2D eigenvalue weighted by Gasteiger charge is -2.13. The lowest BCUT2D eigenvalue weighted by atomic mass is 10.1. The second kappa shape index (κ2) is 4.77. The van der Waals surface area contributed by atoms with Gasteiger partial charge in [0.2, 0.25) is 0 Å². The summed E-state index contributed by atoms with van der Waals surface area (Å²) < 4.78 is 42.0. The number of rotatable bonds is 3. The molecule has 0 aliphatic carbocycles. The van der Waals surface area contributed by atoms with Gasteiger partial charge in [-0.1, -0.05) is 0 Å². The van der Waals surface area contributed by atoms with Crippen molar-refractivity contribution in [2.45, 2.75) is 33.1 Å². The molecule has 94 valence electrons. The first-order valence-electron chi connectivity index (χ1n) is 5.10. The van der Waals surface area contributed by atoms with Crippen LogP contribution >= 0.6 is 0 Å². The largest absolute Gasteiger partial charge is 0.491 e. The van der Waals surface area contributed by atoms with Gasteiger partial charge in [0.25, 0.3) is 5.78 Å². The number of aryl methyl sites for hydroxylation is 1. The summed E-state index contributed by atoms with van der Waals surface area (Å²) in [7, 11) is 0. The summed E-state index contributed by atoms with van der Waals surface area (Å²) in [6.45, 7) is 5.23. The van der Waals surface area contributed by atoms with E-state index < -0.39 is 12.0 Å². The Labute approximate surface area is 97.4 Å². The van der Waals surface area contributed by atoms with E-state index >= 15 is 0 Å². The molecule has 1 aromatic rings. The fourth-order valence-electron chi connectivity index (χ4n) is 1.34. The van der Waals surface area contributed by atoms with Gasteiger partial charge in [-0.05, 0) is 44.5 Å². The first-order valence-corrected chi connectivity index (χ1v) is 5.10. The number of carbonyl (C=O) groups excluding carboxylic acids is 1. The molecule has 0 radical (unpaired) electrons. The quantitative estimate of drug-likeness (QED) is 0.762. The number of benzene rings is 1. The molecule has 0 atom stereocenters. The van der Waals surface area contributed by atoms with Crippen molar-refractivity contribution in [1.82, 2.24) is 0 Å². The lowest BCUT2D eigenvalue weighted by molar-refractivity contribution is -0.0885. The molecule has 0 fully saturated rings. The van der Waals surface area contributed by atoms with Crippen molar-refractivity contribution in [3.8, 4) is 5.75 Å². The molecule has 0 bridgehead atoms. The zero-order valence-electron chi connectivity index (χ0n) is 9.76. The van der Waals surface area contributed by atoms with Crippen LogP contribution in [0, 0.1) is 6.92 Å². The first kappa shape index (κ1) is 13.5. The summed E-state index contributed by atoms with van der Waals surface area (Å²) in [5.41, 5.74) is 0.139. The third kappa shape index (κ3) is 3.47. The molecule has 1 rings (SSSR count). The standard InChI is InChI=1S/C12H13F3O2/c1-7(2)17-10-5-4-9(6-8(10)3)11(16)12(13,14)15/h4-7H,1-3H3. The molecule has 0 saturated carbocycles. The molecule has 0 aromatic heterocycles. The third-order valence-electron chi connectivity index (χ3n) is 2.06. The molecule has 0 aliphatic rings. The highest BCUT2D eigenvalue weighted by atomic mass is 19.4. The van der Waals surface area contributed by atoms with Crippen LogP contribution in [0.1, 0.15) is 29.8 Å². The lowest BCUT2D eigenvalue weighted by Crippen LogP contribution is -2.22. The summed E-state index contributed by atoms with van der Waals surface area (Å²) in [5, 5.41) is 0. The molecule has 0 unspecified atom stereocenters. The number of ether oxygens (including phenoxy) is 1. The van der Waals surface area contributed by atoms with Crippen LogP contribution < -0.4 is 4.74 Å². The van der Waals surface area contributed by atoms with Gasteiger partial charge >= 0.3 is 6.18 Å². The minimum absolute atomic E-state index is 0.0714. The molecule has 0 amide bonds. The van der Waals surface area contributed by atoms with Crippen LogP contribution in [0.5, 0.6) is 5.75 Å². The zero-order valence-corrected chi connectivity index (χ0v) is 9.76. The highest BCUT2D eigenvalue weighted by molar-refractivity contribution is 6.00. The Bertz CT molecular complexity index is 422. The summed E-state index contributed by atoms with van der Waals surface area (Å²) >= 11 is 0. The number of Topliss-reactive ketones (excluding diaryl/α,β-unsaturated/α-hetero) is 1. The average molecular weight is 246 g/mol. The molecule has 0 saturated heterocycles. The van der Waals surface area contributed by atoms with E-state index in [0.29, 0.717) is 11.3 Å². The van der Waals surface area contributed by atoms with E-state index in [1.807, 2.05) is 13.8 Å². The van der Waals surface area contributed by atoms with Gasteiger partial charge in [-0.2, -0.15) is 13.2 Å². The van der Waals surface area contributed by atoms with Crippen molar-refractivity contribution < 1.29 is 22.7 Å². The van der Waals surface area contributed by atoms with Gasteiger partial charge in [0.1, 0.15) is 5.75 Å². The van der Waals surface area contributed by atoms with Crippen LogP contribution in [0.2, 0.25) is 0 Å². The van der Waals surface area contributed by atoms with E-state index in [-0.39, 0.29) is 11.7 Å². The maximum Gasteiger partial charge on any atom is 0.454 e. The van der Waals surface area contributed by atoms with Crippen LogP contribution in [-0.2, 0) is 0 Å². The zero-order chi connectivity index (χ0) is 13.2. The Morgan fingerprint density at radius 3 is 2.29 bits per heavy atom. The van der Waals surface area contributed by atoms with Crippen molar-refractivity contribution in [3.05, 3.63) is 29.3 Å². The van der Waals surface area contributed by atoms with Gasteiger partial charge < -0.3 is 4.74 Å². The molecule has 1 aromatic carbocycles. The van der Waals surface area contributed by atoms with Gasteiger partial charge in [-0.15, -0.1) is 0 Å². The maximum absolute atomic E-state index is 12.2. The molecule has 2 nitrogen and oxygen atoms in total. The molecule has 0 heterocycles. The van der Waals surface area contributed by atoms with Crippen molar-refractivity contribution in [2.24, 2.45) is 0 Å². The predicted octanol–water partition coefficient (Wildman–Crippen LogP) is 3.53. The molecular weight excluding hydrogens is 233 g/mol. The van der Waals surface area contributed by atoms with Crippen LogP contribution in [-0.4, -0.2) is 18.1 Å². The molecule has 5 heteroatoms. The van der Waals surface area contributed by atoms with Crippen LogP contribution in [0.15, 0.2) is 18.2 Å². The van der Waals surface area contributed by atoms with E-state index in [4.69, 9.17) is 4.74 Å². The van der Waals surface area contributed by atoms with Gasteiger partial charge in [-0.3, -0.25) is 4.79 Å². The van der Waals surface area contributed by atoms with Crippen molar-refractivity contribution in [2.75, 3.05) is 0 Å². The Balaban J connectivity index is 3.01. The van der Waals surface area contributed by atoms with E-state index in [2.05, 4.69) is 0 Å². The van der Waals surface area contributed by atoms with E-state index in [0.717, 1.165) is 6.07 Å². The van der Waals surface area contributed by atoms with Gasteiger partial charge in [0.15, 0.2) is 0 Å². The first-order chi connectivity index (χ1) is 7.71. The minimum atomic E-state index is -4.84. The smallest absolute Gasteiger partial charge is 0.454 e. The summed E-state index contributed by atoms with van der Waals surface area (Å²) in [4.78, 5) is 11.0. The number of halogens is 3. The Kier molecular flexibility index (Phi) is 3.80. The van der Waals surface area contributed by atoms with Gasteiger partial charge in [0.05, 0.1) is 6.10 Å². The molecule has 0 aliphatic heterocycles. The normalized spacial score (nSPS) is 11.7. The van der Waals surface area contributed by atoms with Crippen LogP contribution in [0.3, 0.4) is 0 Å². The Hall–Kier alpha value is -1.52. The maximum atomic E-state index is 12.2. The van der Waals surface area contributed by atoms with Crippen LogP contribution in [0.25, 0.3) is 0 Å². The highest BCUT2D eigenvalue weighted by Gasteiger charge is 2.39. The van der Waals surface area contributed by atoms with Crippen LogP contribution in [0.4, 0.5) is 13.2 Å². The summed E-state index contributed by atoms with van der Waals surface area (Å²) in [6, 6.07) is 3.70. The Morgan fingerprint density at radius 2 is 1.88 bits per heavy atom. The minimum Gasteiger partial charge on any atom is -0.491 e. The van der Waals surface area contributed by atoms with Crippen molar-refractivity contribution in [3.63, 3.8) is 0 Å². The molecule has 0 N–H and O–H groups in total. The monoisotopic (exact) mass is 246 g/mol. The number of ketones is 1. The third-order valence-corrected chi connectivity index (χ3v) is 2.06. The fraction of sp³-hybridized carbons (Fsp3) is 0.417. The van der Waals surface area contributed by atoms with Crippen molar-refractivity contribution in [1.29, 1.82) is 0 Å². The van der Waals surface area contributed by atoms with E-state index in [9.17, 15) is 18.0 Å². The topological polar surface area (TPSA) is 26.3 Å². The molecular formula is C12H13F3O2. The predicted molar refractivity (Wildman–Crippen MR) is 57.3 cm³/mol. The van der Waals surface area contributed by atoms with E-state index in [1.54, 1.807) is 6.92 Å². The number of hydrogen-bond acceptors (Lipinski definition) is 2. The summed E-state index contributed by atoms with van der Waals surface area (Å²) in [6.07, 6.45) is -4.91. The molecule has 17 heavy (non-hydrogen) atoms. The van der Waals surface area contributed by atoms with Crippen molar-refractivity contribution >= 4 is 5.78 Å². The second-order valence-electron chi connectivity index (χ2n) is 3.97. The highest BCUT2D eigenvalue weighted by Crippen LogP contribution is 2.25. The summed E-state index contributed by atoms with van der Waals surface area (Å²) in [5.74, 6) is -1.35. The van der Waals surface area contributed by atoms with Gasteiger partial charge in [-0.25, -0.2) is 0 Å². The SMILES string of the molecule is Cc1cc(C(=O)C(F)(F)F)ccc1OC(C)C. The van der Waals surface area contributed by atoms with E-state index in [1.165, 1.54) is 12.1 Å². The number of alkyl halides is 3. The fourth-order valence-corrected chi connectivity index (χ4v) is 1.34. The van der Waals surface area contributed by atoms with Gasteiger partial charge in [0, 0.05) is 5.56 Å². The number of carbonyl (C=O) groups is 1. The molecule has 0 spiro atoms. The Morgan fingerprint density at radius 1 is 1.29 bits per heavy atom. The number of hydrogen-bond donors (Lipinski definition) is 0. The average Bonchev–Trinajstić information content (AvgIpc) is 2.18.